The molecule has 190 valence electrons. The van der Waals surface area contributed by atoms with Crippen LogP contribution in [0.1, 0.15) is 24.1 Å². The standard InChI is InChI=1S/C23H30ClN11O/c1-14-17(19(24)32(2)30-14)11-26-10-15-5-6-16-13-34(8-7-33(16)12-15)22-28-21(25)35-23(29-22)27-20(31-35)18-4-3-9-36-18/h3-4,9,15-16,26H,5-8,10-13H2,1-2H3,(H2,25,27,28,29,31)/t15-,16+/m1/s1. The highest BCUT2D eigenvalue weighted by molar-refractivity contribution is 6.30. The van der Waals surface area contributed by atoms with Gasteiger partial charge in [0.25, 0.3) is 5.78 Å². The number of nitrogens with one attached hydrogen (secondary N) is 1. The van der Waals surface area contributed by atoms with E-state index < -0.39 is 0 Å². The van der Waals surface area contributed by atoms with Gasteiger partial charge in [0.05, 0.1) is 12.0 Å². The summed E-state index contributed by atoms with van der Waals surface area (Å²) in [4.78, 5) is 18.5. The van der Waals surface area contributed by atoms with E-state index in [9.17, 15) is 0 Å². The van der Waals surface area contributed by atoms with Crippen LogP contribution in [0.3, 0.4) is 0 Å². The van der Waals surface area contributed by atoms with Gasteiger partial charge in [-0.1, -0.05) is 11.6 Å². The molecular formula is C23H30ClN11O. The number of aromatic nitrogens is 7. The van der Waals surface area contributed by atoms with Crippen LogP contribution in [-0.4, -0.2) is 78.0 Å². The molecule has 0 aromatic carbocycles. The predicted octanol–water partition coefficient (Wildman–Crippen LogP) is 1.75. The first-order valence-electron chi connectivity index (χ1n) is 12.3. The van der Waals surface area contributed by atoms with Crippen molar-refractivity contribution in [2.24, 2.45) is 13.0 Å². The summed E-state index contributed by atoms with van der Waals surface area (Å²) >= 11 is 6.37. The fraction of sp³-hybridized carbons (Fsp3) is 0.522. The Labute approximate surface area is 213 Å². The molecule has 0 bridgehead atoms. The Morgan fingerprint density at radius 2 is 2.06 bits per heavy atom. The van der Waals surface area contributed by atoms with Crippen LogP contribution in [0.4, 0.5) is 11.9 Å². The molecule has 0 amide bonds. The first kappa shape index (κ1) is 23.2. The highest BCUT2D eigenvalue weighted by Crippen LogP contribution is 2.27. The number of nitrogen functional groups attached to an aromatic ring is 1. The molecule has 2 aliphatic heterocycles. The van der Waals surface area contributed by atoms with Crippen molar-refractivity contribution in [2.45, 2.75) is 32.4 Å². The van der Waals surface area contributed by atoms with E-state index >= 15 is 0 Å². The Morgan fingerprint density at radius 3 is 2.83 bits per heavy atom. The zero-order chi connectivity index (χ0) is 24.8. The number of fused-ring (bicyclic) bond motifs is 2. The number of aryl methyl sites for hydroxylation is 2. The SMILES string of the molecule is Cc1nn(C)c(Cl)c1CNC[C@H]1CC[C@H]2CN(c3nc(N)n4nc(-c5ccco5)nc4n3)CCN2C1. The van der Waals surface area contributed by atoms with Gasteiger partial charge in [0.15, 0.2) is 5.76 Å². The summed E-state index contributed by atoms with van der Waals surface area (Å²) < 4.78 is 8.59. The molecular weight excluding hydrogens is 482 g/mol. The van der Waals surface area contributed by atoms with Crippen molar-refractivity contribution in [3.05, 3.63) is 34.8 Å². The number of piperazine rings is 1. The fourth-order valence-electron chi connectivity index (χ4n) is 5.33. The van der Waals surface area contributed by atoms with E-state index in [0.717, 1.165) is 56.9 Å². The van der Waals surface area contributed by atoms with Crippen molar-refractivity contribution in [1.82, 2.24) is 44.6 Å². The molecule has 13 heteroatoms. The molecule has 2 aliphatic rings. The van der Waals surface area contributed by atoms with E-state index in [2.05, 4.69) is 40.3 Å². The maximum Gasteiger partial charge on any atom is 0.259 e. The molecule has 2 saturated heterocycles. The van der Waals surface area contributed by atoms with Gasteiger partial charge >= 0.3 is 0 Å². The van der Waals surface area contributed by atoms with Gasteiger partial charge in [-0.3, -0.25) is 9.58 Å². The monoisotopic (exact) mass is 511 g/mol. The number of rotatable bonds is 6. The molecule has 3 N–H and O–H groups in total. The molecule has 2 atom stereocenters. The molecule has 0 spiro atoms. The average Bonchev–Trinajstić information content (AvgIpc) is 3.60. The molecule has 6 heterocycles. The van der Waals surface area contributed by atoms with Crippen molar-refractivity contribution >= 4 is 29.3 Å². The largest absolute Gasteiger partial charge is 0.461 e. The minimum atomic E-state index is 0.265. The van der Waals surface area contributed by atoms with E-state index in [1.54, 1.807) is 23.1 Å². The molecule has 4 aromatic rings. The molecule has 12 nitrogen and oxygen atoms in total. The number of halogens is 1. The molecule has 6 rings (SSSR count). The average molecular weight is 512 g/mol. The van der Waals surface area contributed by atoms with Crippen LogP contribution < -0.4 is 16.0 Å². The second-order valence-corrected chi connectivity index (χ2v) is 10.0. The van der Waals surface area contributed by atoms with Crippen LogP contribution in [0.15, 0.2) is 22.8 Å². The van der Waals surface area contributed by atoms with Crippen LogP contribution in [0.5, 0.6) is 0 Å². The summed E-state index contributed by atoms with van der Waals surface area (Å²) in [5, 5.41) is 13.1. The molecule has 0 unspecified atom stereocenters. The third kappa shape index (κ3) is 4.29. The third-order valence-corrected chi connectivity index (χ3v) is 7.73. The highest BCUT2D eigenvalue weighted by atomic mass is 35.5. The summed E-state index contributed by atoms with van der Waals surface area (Å²) in [5.41, 5.74) is 8.28. The minimum Gasteiger partial charge on any atom is -0.461 e. The van der Waals surface area contributed by atoms with Crippen molar-refractivity contribution in [3.63, 3.8) is 0 Å². The number of hydrogen-bond acceptors (Lipinski definition) is 10. The van der Waals surface area contributed by atoms with E-state index in [-0.39, 0.29) is 5.95 Å². The summed E-state index contributed by atoms with van der Waals surface area (Å²) in [5.74, 6) is 2.91. The smallest absolute Gasteiger partial charge is 0.259 e. The summed E-state index contributed by atoms with van der Waals surface area (Å²) in [6.45, 7) is 7.49. The molecule has 0 saturated carbocycles. The van der Waals surface area contributed by atoms with E-state index in [1.807, 2.05) is 14.0 Å². The molecule has 36 heavy (non-hydrogen) atoms. The molecule has 0 radical (unpaired) electrons. The normalized spacial score (nSPS) is 20.8. The quantitative estimate of drug-likeness (QED) is 0.394. The van der Waals surface area contributed by atoms with Gasteiger partial charge in [0.1, 0.15) is 5.15 Å². The Morgan fingerprint density at radius 1 is 1.17 bits per heavy atom. The highest BCUT2D eigenvalue weighted by Gasteiger charge is 2.34. The Balaban J connectivity index is 1.07. The van der Waals surface area contributed by atoms with E-state index in [1.165, 1.54) is 10.9 Å². The van der Waals surface area contributed by atoms with Crippen LogP contribution in [0, 0.1) is 12.8 Å². The Bertz CT molecular complexity index is 1360. The van der Waals surface area contributed by atoms with Gasteiger partial charge in [-0.25, -0.2) is 0 Å². The van der Waals surface area contributed by atoms with Gasteiger partial charge in [-0.2, -0.15) is 24.6 Å². The number of hydrogen-bond donors (Lipinski definition) is 2. The zero-order valence-electron chi connectivity index (χ0n) is 20.4. The first-order chi connectivity index (χ1) is 17.5. The number of nitrogens with two attached hydrogens (primary N) is 1. The molecule has 4 aromatic heterocycles. The van der Waals surface area contributed by atoms with Crippen molar-refractivity contribution < 1.29 is 4.42 Å². The molecule has 2 fully saturated rings. The fourth-order valence-corrected chi connectivity index (χ4v) is 5.57. The van der Waals surface area contributed by atoms with Crippen LogP contribution in [0.25, 0.3) is 17.4 Å². The van der Waals surface area contributed by atoms with E-state index in [0.29, 0.717) is 40.4 Å². The van der Waals surface area contributed by atoms with Crippen LogP contribution in [0.2, 0.25) is 5.15 Å². The van der Waals surface area contributed by atoms with Crippen molar-refractivity contribution in [1.29, 1.82) is 0 Å². The second kappa shape index (κ2) is 9.34. The lowest BCUT2D eigenvalue weighted by Crippen LogP contribution is -2.57. The van der Waals surface area contributed by atoms with Gasteiger partial charge in [0, 0.05) is 51.4 Å². The summed E-state index contributed by atoms with van der Waals surface area (Å²) in [7, 11) is 1.88. The van der Waals surface area contributed by atoms with E-state index in [4.69, 9.17) is 21.8 Å². The molecule has 0 aliphatic carbocycles. The second-order valence-electron chi connectivity index (χ2n) is 9.65. The van der Waals surface area contributed by atoms with Gasteiger partial charge in [-0.15, -0.1) is 5.10 Å². The van der Waals surface area contributed by atoms with Crippen LogP contribution >= 0.6 is 11.6 Å². The third-order valence-electron chi connectivity index (χ3n) is 7.26. The topological polar surface area (TPSA) is 131 Å². The maximum atomic E-state index is 6.37. The zero-order valence-corrected chi connectivity index (χ0v) is 21.2. The first-order valence-corrected chi connectivity index (χ1v) is 12.7. The summed E-state index contributed by atoms with van der Waals surface area (Å²) in [6, 6.07) is 4.07. The van der Waals surface area contributed by atoms with Gasteiger partial charge in [0.2, 0.25) is 17.7 Å². The van der Waals surface area contributed by atoms with Crippen molar-refractivity contribution in [2.75, 3.05) is 43.4 Å². The Kier molecular flexibility index (Phi) is 6.02. The number of anilines is 2. The lowest BCUT2D eigenvalue weighted by atomic mass is 9.91. The minimum absolute atomic E-state index is 0.265. The summed E-state index contributed by atoms with van der Waals surface area (Å²) in [6.07, 6.45) is 3.91. The Hall–Kier alpha value is -3.22. The van der Waals surface area contributed by atoms with Crippen LogP contribution in [-0.2, 0) is 13.6 Å². The number of furan rings is 1. The van der Waals surface area contributed by atoms with Gasteiger partial charge < -0.3 is 20.4 Å². The lowest BCUT2D eigenvalue weighted by molar-refractivity contribution is 0.0945. The number of piperidine rings is 1. The van der Waals surface area contributed by atoms with Gasteiger partial charge in [-0.05, 0) is 44.4 Å². The van der Waals surface area contributed by atoms with Crippen molar-refractivity contribution in [3.8, 4) is 11.6 Å². The predicted molar refractivity (Wildman–Crippen MR) is 136 cm³/mol. The lowest BCUT2D eigenvalue weighted by Gasteiger charge is -2.46. The maximum absolute atomic E-state index is 6.37. The number of nitrogens with zero attached hydrogens (tertiary/aromatic N) is 9.